The average molecular weight is 259 g/mol. The summed E-state index contributed by atoms with van der Waals surface area (Å²) < 4.78 is 0. The molecule has 0 aliphatic heterocycles. The normalized spacial score (nSPS) is 10.2. The maximum atomic E-state index is 10.9. The number of nitro groups is 1. The molecule has 2 rings (SSSR count). The first-order valence-electron chi connectivity index (χ1n) is 5.69. The summed E-state index contributed by atoms with van der Waals surface area (Å²) in [4.78, 5) is 22.8. The third-order valence-corrected chi connectivity index (χ3v) is 2.48. The Bertz CT molecular complexity index is 598. The highest BCUT2D eigenvalue weighted by atomic mass is 16.6. The van der Waals surface area contributed by atoms with Crippen LogP contribution < -0.4 is 5.32 Å². The van der Waals surface area contributed by atoms with Crippen LogP contribution in [0.1, 0.15) is 17.1 Å². The van der Waals surface area contributed by atoms with Crippen molar-refractivity contribution in [1.82, 2.24) is 15.0 Å². The van der Waals surface area contributed by atoms with Crippen molar-refractivity contribution in [3.05, 3.63) is 51.7 Å². The lowest BCUT2D eigenvalue weighted by molar-refractivity contribution is -0.384. The molecule has 2 aromatic heterocycles. The quantitative estimate of drug-likeness (QED) is 0.666. The molecule has 0 unspecified atom stereocenters. The summed E-state index contributed by atoms with van der Waals surface area (Å²) in [6.45, 7) is 3.96. The zero-order chi connectivity index (χ0) is 13.8. The van der Waals surface area contributed by atoms with Gasteiger partial charge in [-0.2, -0.15) is 0 Å². The fourth-order valence-corrected chi connectivity index (χ4v) is 1.51. The van der Waals surface area contributed by atoms with Crippen LogP contribution in [0.15, 0.2) is 24.5 Å². The molecule has 1 N–H and O–H groups in total. The minimum absolute atomic E-state index is 0.0503. The SMILES string of the molecule is Cc1cnc(CNc2nc(C)ccc2[N+](=O)[O-])cn1. The van der Waals surface area contributed by atoms with Crippen molar-refractivity contribution in [2.75, 3.05) is 5.32 Å². The zero-order valence-electron chi connectivity index (χ0n) is 10.6. The van der Waals surface area contributed by atoms with E-state index in [1.165, 1.54) is 6.07 Å². The Morgan fingerprint density at radius 1 is 1.21 bits per heavy atom. The fourth-order valence-electron chi connectivity index (χ4n) is 1.51. The molecular weight excluding hydrogens is 246 g/mol. The number of pyridine rings is 1. The van der Waals surface area contributed by atoms with Gasteiger partial charge in [-0.15, -0.1) is 0 Å². The summed E-state index contributed by atoms with van der Waals surface area (Å²) in [6.07, 6.45) is 3.28. The maximum Gasteiger partial charge on any atom is 0.311 e. The van der Waals surface area contributed by atoms with Crippen LogP contribution in [-0.4, -0.2) is 19.9 Å². The second-order valence-electron chi connectivity index (χ2n) is 4.08. The smallest absolute Gasteiger partial charge is 0.311 e. The molecule has 0 atom stereocenters. The van der Waals surface area contributed by atoms with E-state index in [0.29, 0.717) is 17.9 Å². The molecule has 0 saturated carbocycles. The van der Waals surface area contributed by atoms with Gasteiger partial charge in [-0.05, 0) is 19.9 Å². The Labute approximate surface area is 109 Å². The first kappa shape index (κ1) is 12.9. The van der Waals surface area contributed by atoms with Crippen LogP contribution in [0, 0.1) is 24.0 Å². The zero-order valence-corrected chi connectivity index (χ0v) is 10.6. The fraction of sp³-hybridized carbons (Fsp3) is 0.250. The molecule has 7 heteroatoms. The van der Waals surface area contributed by atoms with Crippen LogP contribution in [-0.2, 0) is 6.54 Å². The van der Waals surface area contributed by atoms with Gasteiger partial charge in [0, 0.05) is 18.0 Å². The van der Waals surface area contributed by atoms with Gasteiger partial charge < -0.3 is 5.32 Å². The molecular formula is C12H13N5O2. The Morgan fingerprint density at radius 3 is 2.63 bits per heavy atom. The first-order chi connectivity index (χ1) is 9.06. The molecule has 2 aromatic rings. The third-order valence-electron chi connectivity index (χ3n) is 2.48. The predicted octanol–water partition coefficient (Wildman–Crippen LogP) is 2.01. The van der Waals surface area contributed by atoms with Gasteiger partial charge in [0.1, 0.15) is 0 Å². The topological polar surface area (TPSA) is 93.8 Å². The van der Waals surface area contributed by atoms with Gasteiger partial charge in [0.2, 0.25) is 5.82 Å². The number of anilines is 1. The number of nitrogens with one attached hydrogen (secondary N) is 1. The minimum atomic E-state index is -0.463. The lowest BCUT2D eigenvalue weighted by atomic mass is 10.3. The lowest BCUT2D eigenvalue weighted by Crippen LogP contribution is -2.07. The lowest BCUT2D eigenvalue weighted by Gasteiger charge is -2.06. The molecule has 2 heterocycles. The van der Waals surface area contributed by atoms with Crippen LogP contribution in [0.5, 0.6) is 0 Å². The van der Waals surface area contributed by atoms with Gasteiger partial charge in [-0.25, -0.2) is 4.98 Å². The van der Waals surface area contributed by atoms with Crippen molar-refractivity contribution < 1.29 is 4.92 Å². The Kier molecular flexibility index (Phi) is 3.65. The van der Waals surface area contributed by atoms with E-state index in [1.54, 1.807) is 25.4 Å². The summed E-state index contributed by atoms with van der Waals surface area (Å²) in [7, 11) is 0. The third kappa shape index (κ3) is 3.21. The molecule has 0 aromatic carbocycles. The highest BCUT2D eigenvalue weighted by Gasteiger charge is 2.14. The molecule has 0 amide bonds. The molecule has 7 nitrogen and oxygen atoms in total. The van der Waals surface area contributed by atoms with E-state index < -0.39 is 4.92 Å². The summed E-state index contributed by atoms with van der Waals surface area (Å²) >= 11 is 0. The number of hydrogen-bond acceptors (Lipinski definition) is 6. The van der Waals surface area contributed by atoms with Crippen molar-refractivity contribution >= 4 is 11.5 Å². The van der Waals surface area contributed by atoms with Crippen LogP contribution in [0.4, 0.5) is 11.5 Å². The highest BCUT2D eigenvalue weighted by molar-refractivity contribution is 5.56. The van der Waals surface area contributed by atoms with Crippen molar-refractivity contribution in [3.63, 3.8) is 0 Å². The molecule has 0 fully saturated rings. The van der Waals surface area contributed by atoms with E-state index in [4.69, 9.17) is 0 Å². The average Bonchev–Trinajstić information content (AvgIpc) is 2.38. The van der Waals surface area contributed by atoms with E-state index in [1.807, 2.05) is 6.92 Å². The molecule has 0 aliphatic carbocycles. The summed E-state index contributed by atoms with van der Waals surface area (Å²) in [5.41, 5.74) is 2.18. The van der Waals surface area contributed by atoms with Crippen molar-refractivity contribution in [3.8, 4) is 0 Å². The number of hydrogen-bond donors (Lipinski definition) is 1. The second-order valence-corrected chi connectivity index (χ2v) is 4.08. The van der Waals surface area contributed by atoms with E-state index >= 15 is 0 Å². The van der Waals surface area contributed by atoms with Crippen LogP contribution >= 0.6 is 0 Å². The molecule has 0 aliphatic rings. The molecule has 0 bridgehead atoms. The van der Waals surface area contributed by atoms with E-state index in [0.717, 1.165) is 5.69 Å². The Hall–Kier alpha value is -2.57. The van der Waals surface area contributed by atoms with E-state index in [2.05, 4.69) is 20.3 Å². The monoisotopic (exact) mass is 259 g/mol. The molecule has 0 radical (unpaired) electrons. The van der Waals surface area contributed by atoms with Gasteiger partial charge in [-0.3, -0.25) is 20.1 Å². The number of rotatable bonds is 4. The highest BCUT2D eigenvalue weighted by Crippen LogP contribution is 2.22. The number of aromatic nitrogens is 3. The number of nitrogens with zero attached hydrogens (tertiary/aromatic N) is 4. The van der Waals surface area contributed by atoms with Crippen LogP contribution in [0.2, 0.25) is 0 Å². The molecule has 98 valence electrons. The predicted molar refractivity (Wildman–Crippen MR) is 69.7 cm³/mol. The Balaban J connectivity index is 2.16. The summed E-state index contributed by atoms with van der Waals surface area (Å²) in [5.74, 6) is 0.243. The summed E-state index contributed by atoms with van der Waals surface area (Å²) in [5, 5.41) is 13.8. The molecule has 0 spiro atoms. The molecule has 0 saturated heterocycles. The van der Waals surface area contributed by atoms with Gasteiger partial charge in [-0.1, -0.05) is 0 Å². The largest absolute Gasteiger partial charge is 0.359 e. The van der Waals surface area contributed by atoms with Crippen molar-refractivity contribution in [2.45, 2.75) is 20.4 Å². The standard InChI is InChI=1S/C12H13N5O2/c1-8-3-4-11(17(18)19)12(16-8)15-7-10-6-13-9(2)5-14-10/h3-6H,7H2,1-2H3,(H,15,16). The van der Waals surface area contributed by atoms with Crippen molar-refractivity contribution in [2.24, 2.45) is 0 Å². The van der Waals surface area contributed by atoms with Crippen LogP contribution in [0.25, 0.3) is 0 Å². The van der Waals surface area contributed by atoms with Gasteiger partial charge in [0.15, 0.2) is 0 Å². The first-order valence-corrected chi connectivity index (χ1v) is 5.69. The second kappa shape index (κ2) is 5.38. The van der Waals surface area contributed by atoms with Gasteiger partial charge >= 0.3 is 5.69 Å². The van der Waals surface area contributed by atoms with E-state index in [9.17, 15) is 10.1 Å². The van der Waals surface area contributed by atoms with Gasteiger partial charge in [0.25, 0.3) is 0 Å². The van der Waals surface area contributed by atoms with E-state index in [-0.39, 0.29) is 11.5 Å². The van der Waals surface area contributed by atoms with Crippen LogP contribution in [0.3, 0.4) is 0 Å². The summed E-state index contributed by atoms with van der Waals surface area (Å²) in [6, 6.07) is 3.04. The van der Waals surface area contributed by atoms with Gasteiger partial charge in [0.05, 0.1) is 29.1 Å². The minimum Gasteiger partial charge on any atom is -0.359 e. The molecule has 19 heavy (non-hydrogen) atoms. The maximum absolute atomic E-state index is 10.9. The Morgan fingerprint density at radius 2 is 2.00 bits per heavy atom. The van der Waals surface area contributed by atoms with Crippen molar-refractivity contribution in [1.29, 1.82) is 0 Å². The number of aryl methyl sites for hydroxylation is 2.